The lowest BCUT2D eigenvalue weighted by molar-refractivity contribution is -0.132. The summed E-state index contributed by atoms with van der Waals surface area (Å²) in [5.41, 5.74) is 6.80. The largest absolute Gasteiger partial charge is 0.390 e. The molecule has 4 nitrogen and oxygen atoms in total. The van der Waals surface area contributed by atoms with Crippen LogP contribution in [0.2, 0.25) is 0 Å². The van der Waals surface area contributed by atoms with Crippen LogP contribution in [0.15, 0.2) is 24.3 Å². The number of nitrogens with two attached hydrogens (primary N) is 1. The first-order valence-corrected chi connectivity index (χ1v) is 5.31. The highest BCUT2D eigenvalue weighted by Gasteiger charge is 2.26. The molecule has 0 unspecified atom stereocenters. The third-order valence-corrected chi connectivity index (χ3v) is 2.14. The Hall–Kier alpha value is -1.76. The smallest absolute Gasteiger partial charge is 0.338 e. The molecule has 18 heavy (non-hydrogen) atoms. The van der Waals surface area contributed by atoms with Crippen LogP contribution in [0.1, 0.15) is 12.0 Å². The fourth-order valence-electron chi connectivity index (χ4n) is 1.22. The van der Waals surface area contributed by atoms with Crippen molar-refractivity contribution in [1.29, 1.82) is 0 Å². The van der Waals surface area contributed by atoms with Crippen LogP contribution in [0.5, 0.6) is 0 Å². The van der Waals surface area contributed by atoms with E-state index >= 15 is 0 Å². The van der Waals surface area contributed by atoms with E-state index in [1.807, 2.05) is 0 Å². The van der Waals surface area contributed by atoms with Gasteiger partial charge in [-0.2, -0.15) is 13.2 Å². The molecular weight excluding hydrogens is 247 g/mol. The van der Waals surface area contributed by atoms with Gasteiger partial charge in [0.2, 0.25) is 0 Å². The van der Waals surface area contributed by atoms with Gasteiger partial charge in [0.25, 0.3) is 0 Å². The zero-order valence-corrected chi connectivity index (χ0v) is 9.55. The predicted octanol–water partition coefficient (Wildman–Crippen LogP) is 2.22. The van der Waals surface area contributed by atoms with E-state index in [-0.39, 0.29) is 0 Å². The van der Waals surface area contributed by atoms with E-state index in [4.69, 9.17) is 5.73 Å². The molecule has 1 aromatic rings. The number of halogens is 3. The number of hydrogen-bond donors (Lipinski definition) is 3. The molecule has 0 aliphatic carbocycles. The molecule has 0 aliphatic heterocycles. The highest BCUT2D eigenvalue weighted by atomic mass is 19.4. The predicted molar refractivity (Wildman–Crippen MR) is 62.0 cm³/mol. The summed E-state index contributed by atoms with van der Waals surface area (Å²) in [6, 6.07) is 6.05. The van der Waals surface area contributed by atoms with Crippen molar-refractivity contribution < 1.29 is 18.0 Å². The van der Waals surface area contributed by atoms with Crippen molar-refractivity contribution in [1.82, 2.24) is 5.32 Å². The molecule has 0 spiro atoms. The maximum Gasteiger partial charge on any atom is 0.390 e. The molecule has 0 atom stereocenters. The van der Waals surface area contributed by atoms with Crippen molar-refractivity contribution in [3.8, 4) is 0 Å². The Bertz CT molecular complexity index is 390. The minimum absolute atomic E-state index is 0.387. The van der Waals surface area contributed by atoms with Crippen molar-refractivity contribution in [3.63, 3.8) is 0 Å². The van der Waals surface area contributed by atoms with Gasteiger partial charge < -0.3 is 16.4 Å². The lowest BCUT2D eigenvalue weighted by Crippen LogP contribution is -2.31. The fraction of sp³-hybridized carbons (Fsp3) is 0.364. The molecule has 7 heteroatoms. The van der Waals surface area contributed by atoms with Gasteiger partial charge in [0.15, 0.2) is 0 Å². The van der Waals surface area contributed by atoms with Crippen LogP contribution < -0.4 is 16.4 Å². The monoisotopic (exact) mass is 261 g/mol. The van der Waals surface area contributed by atoms with Crippen molar-refractivity contribution in [2.45, 2.75) is 19.1 Å². The van der Waals surface area contributed by atoms with E-state index in [1.165, 1.54) is 0 Å². The number of carbonyl (C=O) groups excluding carboxylic acids is 1. The molecule has 0 saturated carbocycles. The number of alkyl halides is 3. The maximum atomic E-state index is 11.8. The topological polar surface area (TPSA) is 67.1 Å². The zero-order chi connectivity index (χ0) is 13.6. The molecule has 2 amide bonds. The van der Waals surface area contributed by atoms with Crippen LogP contribution >= 0.6 is 0 Å². The second-order valence-electron chi connectivity index (χ2n) is 3.65. The molecule has 100 valence electrons. The van der Waals surface area contributed by atoms with Gasteiger partial charge in [0.1, 0.15) is 0 Å². The standard InChI is InChI=1S/C11H14F3N3O/c12-11(13,14)5-6-16-10(18)17-9-3-1-8(7-15)2-4-9/h1-4H,5-7,15H2,(H2,16,17,18). The molecule has 0 fully saturated rings. The van der Waals surface area contributed by atoms with Gasteiger partial charge in [-0.25, -0.2) is 4.79 Å². The minimum Gasteiger partial charge on any atom is -0.338 e. The van der Waals surface area contributed by atoms with Crippen molar-refractivity contribution >= 4 is 11.7 Å². The molecule has 0 aliphatic rings. The summed E-state index contributed by atoms with van der Waals surface area (Å²) in [5, 5.41) is 4.54. The summed E-state index contributed by atoms with van der Waals surface area (Å²) in [7, 11) is 0. The quantitative estimate of drug-likeness (QED) is 0.778. The average molecular weight is 261 g/mol. The molecule has 4 N–H and O–H groups in total. The highest BCUT2D eigenvalue weighted by molar-refractivity contribution is 5.89. The Kier molecular flexibility index (Phi) is 4.96. The second kappa shape index (κ2) is 6.25. The number of anilines is 1. The number of hydrogen-bond acceptors (Lipinski definition) is 2. The van der Waals surface area contributed by atoms with E-state index in [1.54, 1.807) is 24.3 Å². The molecular formula is C11H14F3N3O. The Morgan fingerprint density at radius 1 is 1.22 bits per heavy atom. The average Bonchev–Trinajstić information content (AvgIpc) is 2.28. The number of rotatable bonds is 4. The molecule has 0 saturated heterocycles. The molecule has 1 rings (SSSR count). The SMILES string of the molecule is NCc1ccc(NC(=O)NCCC(F)(F)F)cc1. The molecule has 0 radical (unpaired) electrons. The molecule has 1 aromatic carbocycles. The van der Waals surface area contributed by atoms with Crippen molar-refractivity contribution in [3.05, 3.63) is 29.8 Å². The highest BCUT2D eigenvalue weighted by Crippen LogP contribution is 2.18. The lowest BCUT2D eigenvalue weighted by atomic mass is 10.2. The van der Waals surface area contributed by atoms with Gasteiger partial charge in [0, 0.05) is 18.8 Å². The Labute approximate surface area is 102 Å². The van der Waals surface area contributed by atoms with E-state index < -0.39 is 25.2 Å². The van der Waals surface area contributed by atoms with Gasteiger partial charge in [-0.15, -0.1) is 0 Å². The van der Waals surface area contributed by atoms with Crippen molar-refractivity contribution in [2.24, 2.45) is 5.73 Å². The minimum atomic E-state index is -4.27. The van der Waals surface area contributed by atoms with E-state index in [2.05, 4.69) is 10.6 Å². The van der Waals surface area contributed by atoms with Crippen LogP contribution in [0.25, 0.3) is 0 Å². The first kappa shape index (κ1) is 14.3. The Morgan fingerprint density at radius 3 is 2.33 bits per heavy atom. The summed E-state index contributed by atoms with van der Waals surface area (Å²) in [4.78, 5) is 11.2. The van der Waals surface area contributed by atoms with Crippen LogP contribution in [0.4, 0.5) is 23.7 Å². The summed E-state index contributed by atoms with van der Waals surface area (Å²) in [6.45, 7) is -0.0612. The van der Waals surface area contributed by atoms with E-state index in [0.717, 1.165) is 5.56 Å². The van der Waals surface area contributed by atoms with Gasteiger partial charge in [-0.05, 0) is 17.7 Å². The van der Waals surface area contributed by atoms with Gasteiger partial charge in [-0.1, -0.05) is 12.1 Å². The zero-order valence-electron chi connectivity index (χ0n) is 9.55. The Morgan fingerprint density at radius 2 is 1.83 bits per heavy atom. The van der Waals surface area contributed by atoms with Crippen LogP contribution in [0, 0.1) is 0 Å². The van der Waals surface area contributed by atoms with E-state index in [9.17, 15) is 18.0 Å². The van der Waals surface area contributed by atoms with Gasteiger partial charge >= 0.3 is 12.2 Å². The van der Waals surface area contributed by atoms with Crippen LogP contribution in [-0.4, -0.2) is 18.8 Å². The van der Waals surface area contributed by atoms with Crippen LogP contribution in [0.3, 0.4) is 0 Å². The first-order chi connectivity index (χ1) is 8.40. The summed E-state index contributed by atoms with van der Waals surface area (Å²) < 4.78 is 35.5. The molecule has 0 aromatic heterocycles. The summed E-state index contributed by atoms with van der Waals surface area (Å²) in [6.07, 6.45) is -5.32. The van der Waals surface area contributed by atoms with Crippen LogP contribution in [-0.2, 0) is 6.54 Å². The Balaban J connectivity index is 2.35. The second-order valence-corrected chi connectivity index (χ2v) is 3.65. The summed E-state index contributed by atoms with van der Waals surface area (Å²) in [5.74, 6) is 0. The number of benzene rings is 1. The number of carbonyl (C=O) groups is 1. The maximum absolute atomic E-state index is 11.8. The molecule has 0 bridgehead atoms. The number of nitrogens with one attached hydrogen (secondary N) is 2. The number of amides is 2. The third-order valence-electron chi connectivity index (χ3n) is 2.14. The lowest BCUT2D eigenvalue weighted by Gasteiger charge is -2.09. The fourth-order valence-corrected chi connectivity index (χ4v) is 1.22. The van der Waals surface area contributed by atoms with Gasteiger partial charge in [0.05, 0.1) is 6.42 Å². The summed E-state index contributed by atoms with van der Waals surface area (Å²) >= 11 is 0. The normalized spacial score (nSPS) is 11.1. The number of urea groups is 1. The first-order valence-electron chi connectivity index (χ1n) is 5.31. The third kappa shape index (κ3) is 5.53. The molecule has 0 heterocycles. The van der Waals surface area contributed by atoms with Crippen molar-refractivity contribution in [2.75, 3.05) is 11.9 Å². The van der Waals surface area contributed by atoms with E-state index in [0.29, 0.717) is 12.2 Å². The van der Waals surface area contributed by atoms with Gasteiger partial charge in [-0.3, -0.25) is 0 Å².